The fourth-order valence-corrected chi connectivity index (χ4v) is 6.53. The largest absolute Gasteiger partial charge is 0.456 e. The third-order valence-corrected chi connectivity index (χ3v) is 8.89. The van der Waals surface area contributed by atoms with E-state index in [1.165, 1.54) is 0 Å². The van der Waals surface area contributed by atoms with Gasteiger partial charge in [0.25, 0.3) is 0 Å². The van der Waals surface area contributed by atoms with Gasteiger partial charge < -0.3 is 4.42 Å². The van der Waals surface area contributed by atoms with Crippen LogP contribution < -0.4 is 0 Å². The van der Waals surface area contributed by atoms with Crippen LogP contribution in [0.1, 0.15) is 0 Å². The summed E-state index contributed by atoms with van der Waals surface area (Å²) in [4.78, 5) is 15.4. The molecule has 9 aromatic rings. The third kappa shape index (κ3) is 5.45. The summed E-state index contributed by atoms with van der Waals surface area (Å²) in [5.74, 6) is 1.79. The van der Waals surface area contributed by atoms with Gasteiger partial charge in [0.05, 0.1) is 0 Å². The molecule has 0 radical (unpaired) electrons. The van der Waals surface area contributed by atoms with Gasteiger partial charge in [-0.3, -0.25) is 0 Å². The van der Waals surface area contributed by atoms with Gasteiger partial charge in [0.2, 0.25) is 0 Å². The predicted octanol–water partition coefficient (Wildman–Crippen LogP) is 11.8. The molecule has 7 aromatic carbocycles. The molecule has 0 N–H and O–H groups in total. The lowest BCUT2D eigenvalue weighted by Crippen LogP contribution is -2.01. The molecule has 0 atom stereocenters. The summed E-state index contributed by atoms with van der Waals surface area (Å²) in [6, 6.07) is 60.4. The number of hydrogen-bond acceptors (Lipinski definition) is 4. The Labute approximate surface area is 284 Å². The summed E-state index contributed by atoms with van der Waals surface area (Å²) in [5, 5.41) is 2.15. The molecule has 4 heteroatoms. The Balaban J connectivity index is 1.30. The van der Waals surface area contributed by atoms with Crippen molar-refractivity contribution in [3.05, 3.63) is 176 Å². The summed E-state index contributed by atoms with van der Waals surface area (Å²) in [5.41, 5.74) is 10.9. The number of rotatable bonds is 6. The van der Waals surface area contributed by atoms with E-state index in [0.29, 0.717) is 17.5 Å². The van der Waals surface area contributed by atoms with Gasteiger partial charge in [0.1, 0.15) is 11.2 Å². The van der Waals surface area contributed by atoms with Crippen molar-refractivity contribution in [3.8, 4) is 67.5 Å². The lowest BCUT2D eigenvalue weighted by atomic mass is 9.95. The number of aromatic nitrogens is 3. The highest BCUT2D eigenvalue weighted by Crippen LogP contribution is 2.40. The summed E-state index contributed by atoms with van der Waals surface area (Å²) in [7, 11) is 0. The van der Waals surface area contributed by atoms with E-state index in [1.807, 2.05) is 60.7 Å². The van der Waals surface area contributed by atoms with Gasteiger partial charge in [-0.2, -0.15) is 0 Å². The molecule has 0 aliphatic rings. The van der Waals surface area contributed by atoms with Crippen LogP contribution >= 0.6 is 0 Å². The molecular formula is C45H29N3O. The van der Waals surface area contributed by atoms with Crippen molar-refractivity contribution >= 4 is 21.9 Å². The Morgan fingerprint density at radius 1 is 0.306 bits per heavy atom. The second kappa shape index (κ2) is 12.2. The zero-order valence-corrected chi connectivity index (χ0v) is 26.5. The minimum absolute atomic E-state index is 0.578. The van der Waals surface area contributed by atoms with Crippen molar-refractivity contribution in [2.75, 3.05) is 0 Å². The second-order valence-corrected chi connectivity index (χ2v) is 12.1. The molecular weight excluding hydrogens is 599 g/mol. The van der Waals surface area contributed by atoms with E-state index in [9.17, 15) is 0 Å². The molecule has 0 unspecified atom stereocenters. The van der Waals surface area contributed by atoms with Crippen molar-refractivity contribution in [2.45, 2.75) is 0 Å². The first-order valence-electron chi connectivity index (χ1n) is 16.4. The topological polar surface area (TPSA) is 51.8 Å². The van der Waals surface area contributed by atoms with E-state index >= 15 is 0 Å². The lowest BCUT2D eigenvalue weighted by Gasteiger charge is -2.13. The van der Waals surface area contributed by atoms with Crippen molar-refractivity contribution in [2.24, 2.45) is 0 Å². The second-order valence-electron chi connectivity index (χ2n) is 12.1. The van der Waals surface area contributed by atoms with Crippen LogP contribution in [0.2, 0.25) is 0 Å². The van der Waals surface area contributed by atoms with Crippen LogP contribution in [-0.2, 0) is 0 Å². The van der Waals surface area contributed by atoms with Gasteiger partial charge in [-0.15, -0.1) is 0 Å². The van der Waals surface area contributed by atoms with E-state index in [0.717, 1.165) is 72.0 Å². The molecule has 0 saturated carbocycles. The standard InChI is InChI=1S/C45H29N3O/c1-5-15-30(16-6-1)34-25-35(31-17-7-2-8-18-31)27-36(26-34)44-46-43(33-21-11-4-12-22-33)47-45(48-44)37-28-39(32-19-9-3-10-20-32)42-38-23-13-14-24-40(38)49-41(42)29-37/h1-29H. The quantitative estimate of drug-likeness (QED) is 0.184. The molecule has 0 saturated heterocycles. The fourth-order valence-electron chi connectivity index (χ4n) is 6.53. The van der Waals surface area contributed by atoms with E-state index in [-0.39, 0.29) is 0 Å². The first-order valence-corrected chi connectivity index (χ1v) is 16.4. The lowest BCUT2D eigenvalue weighted by molar-refractivity contribution is 0.669. The maximum Gasteiger partial charge on any atom is 0.164 e. The monoisotopic (exact) mass is 627 g/mol. The number of benzene rings is 7. The van der Waals surface area contributed by atoms with E-state index in [1.54, 1.807) is 0 Å². The van der Waals surface area contributed by atoms with Gasteiger partial charge in [0.15, 0.2) is 17.5 Å². The predicted molar refractivity (Wildman–Crippen MR) is 200 cm³/mol. The Kier molecular flexibility index (Phi) is 7.10. The molecule has 49 heavy (non-hydrogen) atoms. The van der Waals surface area contributed by atoms with Crippen LogP contribution in [0.25, 0.3) is 89.5 Å². The van der Waals surface area contributed by atoms with Crippen LogP contribution in [0.4, 0.5) is 0 Å². The number of para-hydroxylation sites is 1. The Morgan fingerprint density at radius 2 is 0.735 bits per heavy atom. The average Bonchev–Trinajstić information content (AvgIpc) is 3.57. The van der Waals surface area contributed by atoms with E-state index < -0.39 is 0 Å². The summed E-state index contributed by atoms with van der Waals surface area (Å²) < 4.78 is 6.46. The molecule has 0 spiro atoms. The van der Waals surface area contributed by atoms with Crippen LogP contribution in [0, 0.1) is 0 Å². The number of fused-ring (bicyclic) bond motifs is 3. The molecule has 0 aliphatic heterocycles. The molecule has 0 aliphatic carbocycles. The Morgan fingerprint density at radius 3 is 1.31 bits per heavy atom. The van der Waals surface area contributed by atoms with Crippen molar-refractivity contribution < 1.29 is 4.42 Å². The SMILES string of the molecule is c1ccc(-c2cc(-c3ccccc3)cc(-c3nc(-c4ccccc4)nc(-c4cc(-c5ccccc5)c5c(c4)oc4ccccc45)n3)c2)cc1. The summed E-state index contributed by atoms with van der Waals surface area (Å²) in [6.45, 7) is 0. The van der Waals surface area contributed by atoms with Gasteiger partial charge in [-0.25, -0.2) is 15.0 Å². The molecule has 0 fully saturated rings. The summed E-state index contributed by atoms with van der Waals surface area (Å²) in [6.07, 6.45) is 0. The first kappa shape index (κ1) is 28.6. The van der Waals surface area contributed by atoms with Crippen LogP contribution in [-0.4, -0.2) is 15.0 Å². The number of hydrogen-bond donors (Lipinski definition) is 0. The normalized spacial score (nSPS) is 11.3. The van der Waals surface area contributed by atoms with Crippen LogP contribution in [0.3, 0.4) is 0 Å². The minimum atomic E-state index is 0.578. The van der Waals surface area contributed by atoms with Crippen molar-refractivity contribution in [1.29, 1.82) is 0 Å². The number of nitrogens with zero attached hydrogens (tertiary/aromatic N) is 3. The molecule has 4 nitrogen and oxygen atoms in total. The van der Waals surface area contributed by atoms with E-state index in [4.69, 9.17) is 19.4 Å². The maximum absolute atomic E-state index is 6.46. The molecule has 0 bridgehead atoms. The van der Waals surface area contributed by atoms with E-state index in [2.05, 4.69) is 115 Å². The molecule has 0 amide bonds. The highest BCUT2D eigenvalue weighted by Gasteiger charge is 2.19. The average molecular weight is 628 g/mol. The fraction of sp³-hybridized carbons (Fsp3) is 0. The van der Waals surface area contributed by atoms with Crippen LogP contribution in [0.5, 0.6) is 0 Å². The molecule has 230 valence electrons. The van der Waals surface area contributed by atoms with Crippen LogP contribution in [0.15, 0.2) is 180 Å². The highest BCUT2D eigenvalue weighted by atomic mass is 16.3. The van der Waals surface area contributed by atoms with Gasteiger partial charge in [0, 0.05) is 27.5 Å². The minimum Gasteiger partial charge on any atom is -0.456 e. The smallest absolute Gasteiger partial charge is 0.164 e. The Bertz CT molecular complexity index is 2520. The number of furan rings is 1. The molecule has 2 aromatic heterocycles. The van der Waals surface area contributed by atoms with Gasteiger partial charge in [-0.1, -0.05) is 140 Å². The third-order valence-electron chi connectivity index (χ3n) is 8.89. The molecule has 2 heterocycles. The van der Waals surface area contributed by atoms with Gasteiger partial charge >= 0.3 is 0 Å². The van der Waals surface area contributed by atoms with Crippen molar-refractivity contribution in [1.82, 2.24) is 15.0 Å². The summed E-state index contributed by atoms with van der Waals surface area (Å²) >= 11 is 0. The maximum atomic E-state index is 6.46. The molecule has 9 rings (SSSR count). The van der Waals surface area contributed by atoms with Crippen molar-refractivity contribution in [3.63, 3.8) is 0 Å². The Hall–Kier alpha value is -6.65. The highest BCUT2D eigenvalue weighted by molar-refractivity contribution is 6.13. The first-order chi connectivity index (χ1) is 24.3. The van der Waals surface area contributed by atoms with Gasteiger partial charge in [-0.05, 0) is 69.8 Å². The zero-order valence-electron chi connectivity index (χ0n) is 26.5. The zero-order chi connectivity index (χ0) is 32.6.